The Hall–Kier alpha value is -3.72. The highest BCUT2D eigenvalue weighted by Gasteiger charge is 2.26. The highest BCUT2D eigenvalue weighted by Crippen LogP contribution is 2.25. The molecule has 0 aliphatic carbocycles. The van der Waals surface area contributed by atoms with Crippen LogP contribution in [-0.2, 0) is 9.59 Å². The average molecular weight is 438 g/mol. The van der Waals surface area contributed by atoms with Gasteiger partial charge >= 0.3 is 0 Å². The minimum atomic E-state index is -0.879. The summed E-state index contributed by atoms with van der Waals surface area (Å²) in [7, 11) is 0. The molecule has 4 N–H and O–H groups in total. The lowest BCUT2D eigenvalue weighted by atomic mass is 10.1. The minimum Gasteiger partial charge on any atom is -0.366 e. The van der Waals surface area contributed by atoms with Gasteiger partial charge in [-0.1, -0.05) is 36.4 Å². The molecule has 4 rings (SSSR count). The Morgan fingerprint density at radius 2 is 1.87 bits per heavy atom. The van der Waals surface area contributed by atoms with Crippen molar-refractivity contribution in [1.29, 1.82) is 0 Å². The van der Waals surface area contributed by atoms with Crippen LogP contribution in [0.25, 0.3) is 10.1 Å². The van der Waals surface area contributed by atoms with E-state index in [4.69, 9.17) is 0 Å². The molecule has 9 heteroatoms. The summed E-state index contributed by atoms with van der Waals surface area (Å²) < 4.78 is 14.9. The molecule has 0 spiro atoms. The molecular weight excluding hydrogens is 419 g/mol. The van der Waals surface area contributed by atoms with Gasteiger partial charge in [-0.2, -0.15) is 0 Å². The van der Waals surface area contributed by atoms with Crippen LogP contribution in [0.15, 0.2) is 66.5 Å². The van der Waals surface area contributed by atoms with Crippen LogP contribution in [0.2, 0.25) is 0 Å². The van der Waals surface area contributed by atoms with Gasteiger partial charge in [0.25, 0.3) is 11.8 Å². The summed E-state index contributed by atoms with van der Waals surface area (Å²) in [5, 5.41) is 11.5. The highest BCUT2D eigenvalue weighted by atomic mass is 32.1. The van der Waals surface area contributed by atoms with Crippen molar-refractivity contribution in [2.24, 2.45) is 0 Å². The first-order chi connectivity index (χ1) is 14.9. The number of carbonyl (C=O) groups is 3. The van der Waals surface area contributed by atoms with Crippen LogP contribution in [0.4, 0.5) is 4.39 Å². The van der Waals surface area contributed by atoms with E-state index >= 15 is 0 Å². The van der Waals surface area contributed by atoms with Crippen LogP contribution in [-0.4, -0.2) is 23.8 Å². The third-order valence-electron chi connectivity index (χ3n) is 4.78. The van der Waals surface area contributed by atoms with E-state index in [1.807, 2.05) is 24.3 Å². The molecule has 0 saturated heterocycles. The van der Waals surface area contributed by atoms with Crippen molar-refractivity contribution in [3.05, 3.63) is 82.8 Å². The van der Waals surface area contributed by atoms with Crippen molar-refractivity contribution in [3.63, 3.8) is 0 Å². The van der Waals surface area contributed by atoms with Gasteiger partial charge in [0, 0.05) is 16.5 Å². The van der Waals surface area contributed by atoms with E-state index in [9.17, 15) is 18.8 Å². The lowest BCUT2D eigenvalue weighted by molar-refractivity contribution is -0.125. The molecule has 1 aliphatic heterocycles. The molecule has 2 heterocycles. The molecule has 7 nitrogen and oxygen atoms in total. The zero-order valence-corrected chi connectivity index (χ0v) is 17.3. The summed E-state index contributed by atoms with van der Waals surface area (Å²) in [6.07, 6.45) is 0.563. The van der Waals surface area contributed by atoms with Crippen LogP contribution in [0.5, 0.6) is 0 Å². The standard InChI is InChI=1S/C22H19FN4O3S/c1-12(25-22(30)18-10-13-6-2-5-9-17(13)31-18)20(28)26-16-11-24-19(27-21(16)29)14-7-3-4-8-15(14)23/h2-12,19,24H,1H3,(H,25,30)(H,26,28)(H,27,29). The van der Waals surface area contributed by atoms with Gasteiger partial charge in [-0.25, -0.2) is 4.39 Å². The smallest absolute Gasteiger partial charge is 0.271 e. The van der Waals surface area contributed by atoms with Gasteiger partial charge in [-0.05, 0) is 30.5 Å². The second-order valence-corrected chi connectivity index (χ2v) is 8.07. The summed E-state index contributed by atoms with van der Waals surface area (Å²) in [6.45, 7) is 1.53. The predicted octanol–water partition coefficient (Wildman–Crippen LogP) is 2.53. The van der Waals surface area contributed by atoms with E-state index in [-0.39, 0.29) is 17.2 Å². The van der Waals surface area contributed by atoms with Gasteiger partial charge < -0.3 is 21.3 Å². The molecule has 158 valence electrons. The van der Waals surface area contributed by atoms with E-state index in [1.165, 1.54) is 30.5 Å². The van der Waals surface area contributed by atoms with Gasteiger partial charge in [0.15, 0.2) is 0 Å². The number of hydrogen-bond donors (Lipinski definition) is 4. The Morgan fingerprint density at radius 1 is 1.13 bits per heavy atom. The number of thiophene rings is 1. The zero-order valence-electron chi connectivity index (χ0n) is 16.4. The van der Waals surface area contributed by atoms with Crippen molar-refractivity contribution >= 4 is 39.1 Å². The topological polar surface area (TPSA) is 99.3 Å². The predicted molar refractivity (Wildman–Crippen MR) is 115 cm³/mol. The second kappa shape index (κ2) is 8.57. The van der Waals surface area contributed by atoms with Crippen LogP contribution in [0, 0.1) is 5.82 Å². The summed E-state index contributed by atoms with van der Waals surface area (Å²) in [5.74, 6) is -1.95. The van der Waals surface area contributed by atoms with Crippen molar-refractivity contribution in [3.8, 4) is 0 Å². The fourth-order valence-electron chi connectivity index (χ4n) is 3.12. The number of benzene rings is 2. The van der Waals surface area contributed by atoms with Crippen LogP contribution >= 0.6 is 11.3 Å². The molecule has 0 fully saturated rings. The molecule has 1 aliphatic rings. The Balaban J connectivity index is 1.37. The van der Waals surface area contributed by atoms with Crippen molar-refractivity contribution in [2.45, 2.75) is 19.1 Å². The minimum absolute atomic E-state index is 0.0273. The number of amides is 3. The first-order valence-corrected chi connectivity index (χ1v) is 10.4. The quantitative estimate of drug-likeness (QED) is 0.492. The van der Waals surface area contributed by atoms with E-state index in [1.54, 1.807) is 24.3 Å². The van der Waals surface area contributed by atoms with Crippen LogP contribution < -0.4 is 21.3 Å². The largest absolute Gasteiger partial charge is 0.366 e. The fraction of sp³-hybridized carbons (Fsp3) is 0.136. The summed E-state index contributed by atoms with van der Waals surface area (Å²) >= 11 is 1.33. The summed E-state index contributed by atoms with van der Waals surface area (Å²) in [5.41, 5.74) is 0.252. The molecule has 1 aromatic heterocycles. The number of nitrogens with one attached hydrogen (secondary N) is 4. The van der Waals surface area contributed by atoms with Crippen molar-refractivity contribution in [2.75, 3.05) is 0 Å². The van der Waals surface area contributed by atoms with Gasteiger partial charge in [0.1, 0.15) is 23.7 Å². The number of fused-ring (bicyclic) bond motifs is 1. The maximum atomic E-state index is 13.9. The SMILES string of the molecule is CC(NC(=O)c1cc2ccccc2s1)C(=O)NC1=CNC(c2ccccc2F)NC1=O. The zero-order chi connectivity index (χ0) is 22.0. The molecule has 3 aromatic rings. The fourth-order valence-corrected chi connectivity index (χ4v) is 4.09. The van der Waals surface area contributed by atoms with Gasteiger partial charge in [-0.3, -0.25) is 14.4 Å². The molecule has 3 amide bonds. The number of halogens is 1. The summed E-state index contributed by atoms with van der Waals surface area (Å²) in [4.78, 5) is 37.8. The Kier molecular flexibility index (Phi) is 5.68. The third kappa shape index (κ3) is 4.41. The first kappa shape index (κ1) is 20.5. The van der Waals surface area contributed by atoms with Gasteiger partial charge in [0.2, 0.25) is 5.91 Å². The lowest BCUT2D eigenvalue weighted by Gasteiger charge is -2.26. The lowest BCUT2D eigenvalue weighted by Crippen LogP contribution is -2.50. The Morgan fingerprint density at radius 3 is 2.61 bits per heavy atom. The molecule has 0 radical (unpaired) electrons. The Labute approximate surface area is 181 Å². The molecule has 2 aromatic carbocycles. The number of rotatable bonds is 5. The molecule has 0 bridgehead atoms. The highest BCUT2D eigenvalue weighted by molar-refractivity contribution is 7.20. The normalized spacial score (nSPS) is 16.6. The summed E-state index contributed by atoms with van der Waals surface area (Å²) in [6, 6.07) is 14.6. The number of carbonyl (C=O) groups excluding carboxylic acids is 3. The van der Waals surface area contributed by atoms with Gasteiger partial charge in [0.05, 0.1) is 4.88 Å². The molecule has 2 unspecified atom stereocenters. The van der Waals surface area contributed by atoms with E-state index in [0.717, 1.165) is 10.1 Å². The average Bonchev–Trinajstić information content (AvgIpc) is 3.20. The molecular formula is C22H19FN4O3S. The molecule has 2 atom stereocenters. The second-order valence-electron chi connectivity index (χ2n) is 6.99. The molecule has 0 saturated carbocycles. The van der Waals surface area contributed by atoms with E-state index in [0.29, 0.717) is 4.88 Å². The maximum absolute atomic E-state index is 13.9. The Bertz CT molecular complexity index is 1170. The first-order valence-electron chi connectivity index (χ1n) is 9.54. The van der Waals surface area contributed by atoms with E-state index < -0.39 is 29.8 Å². The van der Waals surface area contributed by atoms with Crippen LogP contribution in [0.3, 0.4) is 0 Å². The monoisotopic (exact) mass is 438 g/mol. The van der Waals surface area contributed by atoms with Gasteiger partial charge in [-0.15, -0.1) is 11.3 Å². The van der Waals surface area contributed by atoms with E-state index in [2.05, 4.69) is 21.3 Å². The maximum Gasteiger partial charge on any atom is 0.271 e. The molecule has 31 heavy (non-hydrogen) atoms. The number of hydrogen-bond acceptors (Lipinski definition) is 5. The van der Waals surface area contributed by atoms with Crippen molar-refractivity contribution < 1.29 is 18.8 Å². The third-order valence-corrected chi connectivity index (χ3v) is 5.89. The van der Waals surface area contributed by atoms with Crippen molar-refractivity contribution in [1.82, 2.24) is 21.3 Å². The van der Waals surface area contributed by atoms with Crippen LogP contribution in [0.1, 0.15) is 28.3 Å².